The number of carbonyl (C=O) groups is 1. The van der Waals surface area contributed by atoms with Crippen LogP contribution in [0.1, 0.15) is 10.4 Å². The van der Waals surface area contributed by atoms with E-state index in [1.807, 2.05) is 0 Å². The number of carbonyl (C=O) groups excluding carboxylic acids is 1. The third kappa shape index (κ3) is 4.15. The summed E-state index contributed by atoms with van der Waals surface area (Å²) in [6.45, 7) is 0. The van der Waals surface area contributed by atoms with Crippen molar-refractivity contribution in [3.05, 3.63) is 81.9 Å². The highest BCUT2D eigenvalue weighted by Crippen LogP contribution is 2.17. The maximum absolute atomic E-state index is 12.6. The molecule has 5 nitrogen and oxygen atoms in total. The first kappa shape index (κ1) is 18.2. The second-order valence-electron chi connectivity index (χ2n) is 5.32. The number of thioether (sulfide) groups is 1. The lowest BCUT2D eigenvalue weighted by Gasteiger charge is -2.08. The molecule has 0 saturated heterocycles. The number of rotatable bonds is 6. The Morgan fingerprint density at radius 3 is 2.50 bits per heavy atom. The van der Waals surface area contributed by atoms with Crippen LogP contribution in [0.3, 0.4) is 0 Å². The highest BCUT2D eigenvalue weighted by molar-refractivity contribution is 7.99. The average Bonchev–Trinajstić information content (AvgIpc) is 2.67. The molecule has 0 bridgehead atoms. The van der Waals surface area contributed by atoms with Crippen LogP contribution in [0.25, 0.3) is 5.69 Å². The van der Waals surface area contributed by atoms with Gasteiger partial charge in [-0.15, -0.1) is 0 Å². The van der Waals surface area contributed by atoms with Crippen LogP contribution in [0, 0.1) is 0 Å². The van der Waals surface area contributed by atoms with Crippen LogP contribution in [0.4, 0.5) is 0 Å². The molecule has 0 amide bonds. The van der Waals surface area contributed by atoms with Gasteiger partial charge in [-0.2, -0.15) is 0 Å². The van der Waals surface area contributed by atoms with Crippen LogP contribution in [0.5, 0.6) is 5.75 Å². The molecule has 0 fully saturated rings. The van der Waals surface area contributed by atoms with E-state index in [9.17, 15) is 9.59 Å². The largest absolute Gasteiger partial charge is 0.497 e. The fourth-order valence-electron chi connectivity index (χ4n) is 2.29. The predicted octanol–water partition coefficient (Wildman–Crippen LogP) is 3.87. The summed E-state index contributed by atoms with van der Waals surface area (Å²) < 4.78 is 6.61. The normalized spacial score (nSPS) is 10.5. The molecule has 0 atom stereocenters. The van der Waals surface area contributed by atoms with E-state index in [4.69, 9.17) is 16.3 Å². The number of halogens is 1. The van der Waals surface area contributed by atoms with Crippen LogP contribution in [-0.4, -0.2) is 28.2 Å². The smallest absolute Gasteiger partial charge is 0.287 e. The number of methoxy groups -OCH3 is 1. The molecule has 0 unspecified atom stereocenters. The van der Waals surface area contributed by atoms with Gasteiger partial charge in [-0.1, -0.05) is 23.4 Å². The number of ether oxygens (including phenoxy) is 1. The molecule has 0 aliphatic rings. The van der Waals surface area contributed by atoms with Gasteiger partial charge in [0.25, 0.3) is 5.56 Å². The maximum atomic E-state index is 12.6. The van der Waals surface area contributed by atoms with Gasteiger partial charge in [-0.3, -0.25) is 14.2 Å². The third-order valence-corrected chi connectivity index (χ3v) is 4.88. The maximum Gasteiger partial charge on any atom is 0.287 e. The van der Waals surface area contributed by atoms with E-state index in [2.05, 4.69) is 4.98 Å². The zero-order valence-electron chi connectivity index (χ0n) is 13.9. The van der Waals surface area contributed by atoms with Crippen molar-refractivity contribution in [2.24, 2.45) is 0 Å². The van der Waals surface area contributed by atoms with Crippen molar-refractivity contribution in [3.63, 3.8) is 0 Å². The minimum Gasteiger partial charge on any atom is -0.497 e. The summed E-state index contributed by atoms with van der Waals surface area (Å²) in [7, 11) is 1.58. The van der Waals surface area contributed by atoms with Gasteiger partial charge < -0.3 is 4.74 Å². The van der Waals surface area contributed by atoms with E-state index in [1.165, 1.54) is 4.57 Å². The van der Waals surface area contributed by atoms with E-state index in [0.717, 1.165) is 11.8 Å². The van der Waals surface area contributed by atoms with Crippen molar-refractivity contribution in [2.75, 3.05) is 12.9 Å². The zero-order chi connectivity index (χ0) is 18.5. The highest BCUT2D eigenvalue weighted by Gasteiger charge is 2.11. The molecule has 0 radical (unpaired) electrons. The van der Waals surface area contributed by atoms with Crippen molar-refractivity contribution < 1.29 is 9.53 Å². The van der Waals surface area contributed by atoms with E-state index in [0.29, 0.717) is 22.0 Å². The first-order chi connectivity index (χ1) is 12.6. The lowest BCUT2D eigenvalue weighted by molar-refractivity contribution is 0.102. The monoisotopic (exact) mass is 386 g/mol. The minimum absolute atomic E-state index is 0.0901. The summed E-state index contributed by atoms with van der Waals surface area (Å²) in [5.41, 5.74) is 0.976. The molecule has 7 heteroatoms. The first-order valence-electron chi connectivity index (χ1n) is 7.72. The van der Waals surface area contributed by atoms with Crippen LogP contribution < -0.4 is 10.3 Å². The summed E-state index contributed by atoms with van der Waals surface area (Å²) in [6, 6.07) is 13.8. The molecule has 1 aromatic heterocycles. The van der Waals surface area contributed by atoms with Crippen molar-refractivity contribution in [1.29, 1.82) is 0 Å². The van der Waals surface area contributed by atoms with E-state index in [-0.39, 0.29) is 22.1 Å². The summed E-state index contributed by atoms with van der Waals surface area (Å²) in [6.07, 6.45) is 3.13. The third-order valence-electron chi connectivity index (χ3n) is 3.67. The second kappa shape index (κ2) is 8.21. The molecule has 3 rings (SSSR count). The van der Waals surface area contributed by atoms with Gasteiger partial charge in [0, 0.05) is 28.7 Å². The van der Waals surface area contributed by atoms with Crippen LogP contribution in [0.2, 0.25) is 5.02 Å². The molecular weight excluding hydrogens is 372 g/mol. The number of benzene rings is 2. The van der Waals surface area contributed by atoms with Crippen molar-refractivity contribution in [3.8, 4) is 11.4 Å². The number of hydrogen-bond acceptors (Lipinski definition) is 5. The predicted molar refractivity (Wildman–Crippen MR) is 103 cm³/mol. The lowest BCUT2D eigenvalue weighted by Crippen LogP contribution is -2.21. The molecule has 0 spiro atoms. The Morgan fingerprint density at radius 1 is 1.15 bits per heavy atom. The van der Waals surface area contributed by atoms with Crippen molar-refractivity contribution in [2.45, 2.75) is 5.03 Å². The molecule has 2 aromatic carbocycles. The van der Waals surface area contributed by atoms with Crippen LogP contribution >= 0.6 is 23.4 Å². The number of Topliss-reactive ketones (excluding diaryl/α,β-unsaturated/α-hetero) is 1. The van der Waals surface area contributed by atoms with Gasteiger partial charge in [-0.05, 0) is 48.5 Å². The Balaban J connectivity index is 1.77. The van der Waals surface area contributed by atoms with Crippen molar-refractivity contribution >= 4 is 29.1 Å². The number of aromatic nitrogens is 2. The van der Waals surface area contributed by atoms with E-state index < -0.39 is 0 Å². The molecule has 26 heavy (non-hydrogen) atoms. The highest BCUT2D eigenvalue weighted by atomic mass is 35.5. The van der Waals surface area contributed by atoms with Gasteiger partial charge in [0.15, 0.2) is 10.8 Å². The van der Waals surface area contributed by atoms with Crippen LogP contribution in [-0.2, 0) is 0 Å². The summed E-state index contributed by atoms with van der Waals surface area (Å²) in [5.74, 6) is 0.739. The Labute approximate surface area is 159 Å². The van der Waals surface area contributed by atoms with E-state index in [1.54, 1.807) is 68.0 Å². The zero-order valence-corrected chi connectivity index (χ0v) is 15.5. The molecule has 0 aliphatic carbocycles. The topological polar surface area (TPSA) is 61.2 Å². The molecule has 1 heterocycles. The number of hydrogen-bond donors (Lipinski definition) is 0. The Hall–Kier alpha value is -2.57. The number of nitrogens with zero attached hydrogens (tertiary/aromatic N) is 2. The molecule has 3 aromatic rings. The molecular formula is C19H15ClN2O3S. The second-order valence-corrected chi connectivity index (χ2v) is 6.72. The van der Waals surface area contributed by atoms with E-state index >= 15 is 0 Å². The van der Waals surface area contributed by atoms with Gasteiger partial charge in [0.05, 0.1) is 12.9 Å². The molecule has 0 aliphatic heterocycles. The average molecular weight is 387 g/mol. The SMILES string of the molecule is COc1ccc(-n2ccnc(SCC(=O)c3ccc(Cl)cc3)c2=O)cc1. The van der Waals surface area contributed by atoms with Gasteiger partial charge in [0.2, 0.25) is 0 Å². The summed E-state index contributed by atoms with van der Waals surface area (Å²) in [5, 5.41) is 0.840. The fraction of sp³-hybridized carbons (Fsp3) is 0.105. The number of ketones is 1. The minimum atomic E-state index is -0.272. The van der Waals surface area contributed by atoms with Gasteiger partial charge in [0.1, 0.15) is 5.75 Å². The first-order valence-corrected chi connectivity index (χ1v) is 9.08. The molecule has 0 saturated carbocycles. The standard InChI is InChI=1S/C19H15ClN2O3S/c1-25-16-8-6-15(7-9-16)22-11-10-21-18(19(22)24)26-12-17(23)13-2-4-14(20)5-3-13/h2-11H,12H2,1H3. The quantitative estimate of drug-likeness (QED) is 0.475. The van der Waals surface area contributed by atoms with Gasteiger partial charge in [-0.25, -0.2) is 4.98 Å². The van der Waals surface area contributed by atoms with Crippen molar-refractivity contribution in [1.82, 2.24) is 9.55 Å². The lowest BCUT2D eigenvalue weighted by atomic mass is 10.1. The Morgan fingerprint density at radius 2 is 1.85 bits per heavy atom. The molecule has 0 N–H and O–H groups in total. The fourth-order valence-corrected chi connectivity index (χ4v) is 3.21. The Bertz CT molecular complexity index is 969. The molecule has 132 valence electrons. The van der Waals surface area contributed by atoms with Crippen LogP contribution in [0.15, 0.2) is 70.7 Å². The summed E-state index contributed by atoms with van der Waals surface area (Å²) in [4.78, 5) is 29.0. The van der Waals surface area contributed by atoms with Gasteiger partial charge >= 0.3 is 0 Å². The summed E-state index contributed by atoms with van der Waals surface area (Å²) >= 11 is 6.95. The Kier molecular flexibility index (Phi) is 5.75.